The van der Waals surface area contributed by atoms with Gasteiger partial charge in [0.2, 0.25) is 11.8 Å². The summed E-state index contributed by atoms with van der Waals surface area (Å²) in [5.41, 5.74) is 5.45. The van der Waals surface area contributed by atoms with Crippen molar-refractivity contribution in [2.75, 3.05) is 52.4 Å². The Bertz CT molecular complexity index is 332. The normalized spacial score (nSPS) is 16.6. The number of likely N-dealkylation sites (N-methyl/N-ethyl adjacent to an activating group) is 1. The van der Waals surface area contributed by atoms with Crippen LogP contribution in [0.2, 0.25) is 0 Å². The van der Waals surface area contributed by atoms with E-state index in [1.165, 1.54) is 0 Å². The molecule has 122 valence electrons. The number of rotatable bonds is 7. The van der Waals surface area contributed by atoms with Gasteiger partial charge in [0, 0.05) is 45.7 Å². The van der Waals surface area contributed by atoms with Gasteiger partial charge in [0.15, 0.2) is 0 Å². The predicted molar refractivity (Wildman–Crippen MR) is 83.9 cm³/mol. The number of amides is 2. The lowest BCUT2D eigenvalue weighted by molar-refractivity contribution is -0.132. The first-order valence-corrected chi connectivity index (χ1v) is 8.10. The van der Waals surface area contributed by atoms with Crippen LogP contribution in [0.4, 0.5) is 0 Å². The van der Waals surface area contributed by atoms with Crippen LogP contribution in [-0.2, 0) is 9.59 Å². The summed E-state index contributed by atoms with van der Waals surface area (Å²) in [5, 5.41) is 0. The largest absolute Gasteiger partial charge is 0.342 e. The van der Waals surface area contributed by atoms with Crippen molar-refractivity contribution in [3.8, 4) is 0 Å². The van der Waals surface area contributed by atoms with Crippen LogP contribution in [0, 0.1) is 0 Å². The second-order valence-electron chi connectivity index (χ2n) is 5.47. The number of hydrogen-bond acceptors (Lipinski definition) is 4. The quantitative estimate of drug-likeness (QED) is 0.725. The third kappa shape index (κ3) is 6.01. The summed E-state index contributed by atoms with van der Waals surface area (Å²) < 4.78 is 0. The van der Waals surface area contributed by atoms with Crippen LogP contribution in [-0.4, -0.2) is 78.9 Å². The SMILES string of the molecule is CCN(CC)C(=O)CN1CCCN(C(=O)CCCN)CC1. The van der Waals surface area contributed by atoms with E-state index < -0.39 is 0 Å². The van der Waals surface area contributed by atoms with Crippen LogP contribution >= 0.6 is 0 Å². The fraction of sp³-hybridized carbons (Fsp3) is 0.867. The number of nitrogens with zero attached hydrogens (tertiary/aromatic N) is 3. The first kappa shape index (κ1) is 17.9. The van der Waals surface area contributed by atoms with Gasteiger partial charge >= 0.3 is 0 Å². The van der Waals surface area contributed by atoms with Gasteiger partial charge in [-0.25, -0.2) is 0 Å². The molecule has 6 nitrogen and oxygen atoms in total. The zero-order chi connectivity index (χ0) is 15.7. The van der Waals surface area contributed by atoms with E-state index >= 15 is 0 Å². The molecule has 0 spiro atoms. The number of nitrogens with two attached hydrogens (primary N) is 1. The lowest BCUT2D eigenvalue weighted by Gasteiger charge is -2.25. The van der Waals surface area contributed by atoms with E-state index in [4.69, 9.17) is 5.73 Å². The Balaban J connectivity index is 2.41. The second-order valence-corrected chi connectivity index (χ2v) is 5.47. The molecule has 0 atom stereocenters. The van der Waals surface area contributed by atoms with Crippen molar-refractivity contribution in [1.82, 2.24) is 14.7 Å². The first-order valence-electron chi connectivity index (χ1n) is 8.10. The Labute approximate surface area is 128 Å². The Kier molecular flexibility index (Phi) is 8.30. The lowest BCUT2D eigenvalue weighted by Crippen LogP contribution is -2.42. The molecule has 2 N–H and O–H groups in total. The van der Waals surface area contributed by atoms with Crippen molar-refractivity contribution >= 4 is 11.8 Å². The van der Waals surface area contributed by atoms with Gasteiger partial charge in [-0.05, 0) is 33.2 Å². The highest BCUT2D eigenvalue weighted by molar-refractivity contribution is 5.78. The standard InChI is InChI=1S/C15H30N4O2/c1-3-18(4-2)15(21)13-17-9-6-10-19(12-11-17)14(20)7-5-8-16/h3-13,16H2,1-2H3. The molecule has 21 heavy (non-hydrogen) atoms. The van der Waals surface area contributed by atoms with Crippen molar-refractivity contribution in [2.24, 2.45) is 5.73 Å². The average molecular weight is 298 g/mol. The Morgan fingerprint density at radius 3 is 2.43 bits per heavy atom. The van der Waals surface area contributed by atoms with Crippen molar-refractivity contribution in [3.63, 3.8) is 0 Å². The van der Waals surface area contributed by atoms with Crippen LogP contribution in [0.1, 0.15) is 33.1 Å². The van der Waals surface area contributed by atoms with Crippen LogP contribution in [0.3, 0.4) is 0 Å². The highest BCUT2D eigenvalue weighted by atomic mass is 16.2. The molecule has 6 heteroatoms. The van der Waals surface area contributed by atoms with Crippen LogP contribution < -0.4 is 5.73 Å². The Morgan fingerprint density at radius 2 is 1.81 bits per heavy atom. The van der Waals surface area contributed by atoms with Crippen LogP contribution in [0.5, 0.6) is 0 Å². The van der Waals surface area contributed by atoms with Crippen molar-refractivity contribution in [1.29, 1.82) is 0 Å². The average Bonchev–Trinajstić information content (AvgIpc) is 2.71. The molecule has 0 saturated carbocycles. The zero-order valence-corrected chi connectivity index (χ0v) is 13.5. The van der Waals surface area contributed by atoms with Gasteiger partial charge in [0.1, 0.15) is 0 Å². The minimum absolute atomic E-state index is 0.183. The van der Waals surface area contributed by atoms with Crippen molar-refractivity contribution < 1.29 is 9.59 Å². The van der Waals surface area contributed by atoms with E-state index in [-0.39, 0.29) is 11.8 Å². The minimum Gasteiger partial charge on any atom is -0.342 e. The van der Waals surface area contributed by atoms with E-state index in [9.17, 15) is 9.59 Å². The van der Waals surface area contributed by atoms with Gasteiger partial charge < -0.3 is 15.5 Å². The highest BCUT2D eigenvalue weighted by Gasteiger charge is 2.21. The van der Waals surface area contributed by atoms with Gasteiger partial charge in [0.25, 0.3) is 0 Å². The molecular weight excluding hydrogens is 268 g/mol. The maximum atomic E-state index is 12.1. The molecule has 0 aromatic rings. The zero-order valence-electron chi connectivity index (χ0n) is 13.5. The molecule has 1 fully saturated rings. The topological polar surface area (TPSA) is 69.9 Å². The molecule has 0 aromatic heterocycles. The van der Waals surface area contributed by atoms with E-state index in [0.717, 1.165) is 52.1 Å². The van der Waals surface area contributed by atoms with Crippen molar-refractivity contribution in [2.45, 2.75) is 33.1 Å². The summed E-state index contributed by atoms with van der Waals surface area (Å²) in [6, 6.07) is 0. The summed E-state index contributed by atoms with van der Waals surface area (Å²) in [6.07, 6.45) is 2.22. The minimum atomic E-state index is 0.183. The summed E-state index contributed by atoms with van der Waals surface area (Å²) in [5.74, 6) is 0.375. The highest BCUT2D eigenvalue weighted by Crippen LogP contribution is 2.06. The molecule has 0 bridgehead atoms. The molecule has 0 unspecified atom stereocenters. The molecule has 1 saturated heterocycles. The number of carbonyl (C=O) groups excluding carboxylic acids is 2. The molecule has 1 aliphatic rings. The lowest BCUT2D eigenvalue weighted by atomic mass is 10.2. The maximum absolute atomic E-state index is 12.1. The van der Waals surface area contributed by atoms with Gasteiger partial charge in [-0.2, -0.15) is 0 Å². The van der Waals surface area contributed by atoms with Gasteiger partial charge in [-0.1, -0.05) is 0 Å². The van der Waals surface area contributed by atoms with E-state index in [1.54, 1.807) is 0 Å². The fourth-order valence-electron chi connectivity index (χ4n) is 2.66. The van der Waals surface area contributed by atoms with Crippen LogP contribution in [0.15, 0.2) is 0 Å². The van der Waals surface area contributed by atoms with E-state index in [1.807, 2.05) is 23.6 Å². The molecular formula is C15H30N4O2. The van der Waals surface area contributed by atoms with Crippen molar-refractivity contribution in [3.05, 3.63) is 0 Å². The number of carbonyl (C=O) groups is 2. The summed E-state index contributed by atoms with van der Waals surface area (Å²) in [4.78, 5) is 30.1. The van der Waals surface area contributed by atoms with Crippen LogP contribution in [0.25, 0.3) is 0 Å². The first-order chi connectivity index (χ1) is 10.1. The second kappa shape index (κ2) is 9.73. The third-order valence-electron chi connectivity index (χ3n) is 4.01. The smallest absolute Gasteiger partial charge is 0.236 e. The van der Waals surface area contributed by atoms with Gasteiger partial charge in [-0.15, -0.1) is 0 Å². The summed E-state index contributed by atoms with van der Waals surface area (Å²) >= 11 is 0. The number of hydrogen-bond donors (Lipinski definition) is 1. The van der Waals surface area contributed by atoms with E-state index in [2.05, 4.69) is 4.90 Å². The summed E-state index contributed by atoms with van der Waals surface area (Å²) in [7, 11) is 0. The Morgan fingerprint density at radius 1 is 1.10 bits per heavy atom. The summed E-state index contributed by atoms with van der Waals surface area (Å²) in [6.45, 7) is 9.71. The molecule has 0 aromatic carbocycles. The molecule has 0 aliphatic carbocycles. The third-order valence-corrected chi connectivity index (χ3v) is 4.01. The van der Waals surface area contributed by atoms with E-state index in [0.29, 0.717) is 19.5 Å². The molecule has 1 aliphatic heterocycles. The van der Waals surface area contributed by atoms with Gasteiger partial charge in [-0.3, -0.25) is 14.5 Å². The molecule has 1 heterocycles. The monoisotopic (exact) mass is 298 g/mol. The Hall–Kier alpha value is -1.14. The maximum Gasteiger partial charge on any atom is 0.236 e. The molecule has 0 radical (unpaired) electrons. The molecule has 1 rings (SSSR count). The predicted octanol–water partition coefficient (Wildman–Crippen LogP) is 0.128. The van der Waals surface area contributed by atoms with Gasteiger partial charge in [0.05, 0.1) is 6.54 Å². The fourth-order valence-corrected chi connectivity index (χ4v) is 2.66. The molecule has 2 amide bonds.